The second-order valence-corrected chi connectivity index (χ2v) is 5.31. The highest BCUT2D eigenvalue weighted by atomic mass is 16.3. The normalized spacial score (nSPS) is 20.9. The summed E-state index contributed by atoms with van der Waals surface area (Å²) < 4.78 is 0. The van der Waals surface area contributed by atoms with E-state index in [-0.39, 0.29) is 24.6 Å². The molecule has 4 heteroatoms. The van der Waals surface area contributed by atoms with E-state index in [0.29, 0.717) is 6.54 Å². The number of carbonyl (C=O) groups is 1. The Kier molecular flexibility index (Phi) is 5.18. The third-order valence-electron chi connectivity index (χ3n) is 3.50. The Bertz CT molecular complexity index is 485. The molecule has 0 radical (unpaired) electrons. The Morgan fingerprint density at radius 3 is 2.95 bits per heavy atom. The SMILES string of the molecule is Cc1cccc(CCNC(=O)N[C@@H]2C=C[C@H](CO)C2)c1. The number of amides is 2. The molecule has 2 rings (SSSR count). The Balaban J connectivity index is 1.67. The predicted octanol–water partition coefficient (Wildman–Crippen LogP) is 1.77. The van der Waals surface area contributed by atoms with Crippen LogP contribution in [0.25, 0.3) is 0 Å². The first-order valence-electron chi connectivity index (χ1n) is 7.06. The number of benzene rings is 1. The van der Waals surface area contributed by atoms with Gasteiger partial charge in [-0.1, -0.05) is 42.0 Å². The van der Waals surface area contributed by atoms with Gasteiger partial charge in [0.1, 0.15) is 0 Å². The van der Waals surface area contributed by atoms with Gasteiger partial charge >= 0.3 is 6.03 Å². The second-order valence-electron chi connectivity index (χ2n) is 5.31. The molecular formula is C16H22N2O2. The van der Waals surface area contributed by atoms with Gasteiger partial charge in [0.2, 0.25) is 0 Å². The van der Waals surface area contributed by atoms with Gasteiger partial charge in [0.05, 0.1) is 0 Å². The molecule has 0 fully saturated rings. The zero-order valence-electron chi connectivity index (χ0n) is 11.8. The molecule has 0 unspecified atom stereocenters. The molecule has 0 spiro atoms. The molecule has 1 aromatic carbocycles. The largest absolute Gasteiger partial charge is 0.396 e. The van der Waals surface area contributed by atoms with Gasteiger partial charge in [0, 0.05) is 25.1 Å². The van der Waals surface area contributed by atoms with Crippen molar-refractivity contribution in [3.05, 3.63) is 47.5 Å². The molecule has 3 N–H and O–H groups in total. The Morgan fingerprint density at radius 2 is 2.25 bits per heavy atom. The molecule has 2 atom stereocenters. The molecule has 0 heterocycles. The summed E-state index contributed by atoms with van der Waals surface area (Å²) in [5, 5.41) is 14.8. The van der Waals surface area contributed by atoms with Crippen molar-refractivity contribution >= 4 is 6.03 Å². The minimum absolute atomic E-state index is 0.0334. The summed E-state index contributed by atoms with van der Waals surface area (Å²) in [6.07, 6.45) is 5.51. The summed E-state index contributed by atoms with van der Waals surface area (Å²) in [4.78, 5) is 11.7. The van der Waals surface area contributed by atoms with Crippen molar-refractivity contribution in [3.8, 4) is 0 Å². The number of hydrogen-bond donors (Lipinski definition) is 3. The van der Waals surface area contributed by atoms with Crippen LogP contribution < -0.4 is 10.6 Å². The first kappa shape index (κ1) is 14.6. The van der Waals surface area contributed by atoms with Gasteiger partial charge in [-0.2, -0.15) is 0 Å². The highest BCUT2D eigenvalue weighted by Crippen LogP contribution is 2.16. The number of carbonyl (C=O) groups excluding carboxylic acids is 1. The number of rotatable bonds is 5. The summed E-state index contributed by atoms with van der Waals surface area (Å²) in [5.41, 5.74) is 2.46. The van der Waals surface area contributed by atoms with Crippen LogP contribution in [0.3, 0.4) is 0 Å². The average Bonchev–Trinajstić information content (AvgIpc) is 2.86. The summed E-state index contributed by atoms with van der Waals surface area (Å²) in [5.74, 6) is 0.174. The van der Waals surface area contributed by atoms with Crippen LogP contribution in [0.15, 0.2) is 36.4 Å². The zero-order valence-corrected chi connectivity index (χ0v) is 11.8. The monoisotopic (exact) mass is 274 g/mol. The van der Waals surface area contributed by atoms with Gasteiger partial charge in [-0.25, -0.2) is 4.79 Å². The molecule has 0 saturated carbocycles. The third-order valence-corrected chi connectivity index (χ3v) is 3.50. The maximum absolute atomic E-state index is 11.7. The van der Waals surface area contributed by atoms with Gasteiger partial charge < -0.3 is 15.7 Å². The van der Waals surface area contributed by atoms with E-state index in [1.165, 1.54) is 11.1 Å². The van der Waals surface area contributed by atoms with Gasteiger partial charge in [0.25, 0.3) is 0 Å². The first-order chi connectivity index (χ1) is 9.67. The van der Waals surface area contributed by atoms with E-state index < -0.39 is 0 Å². The number of hydrogen-bond acceptors (Lipinski definition) is 2. The fourth-order valence-electron chi connectivity index (χ4n) is 2.42. The zero-order chi connectivity index (χ0) is 14.4. The van der Waals surface area contributed by atoms with Crippen LogP contribution in [0.5, 0.6) is 0 Å². The van der Waals surface area contributed by atoms with Crippen molar-refractivity contribution in [2.45, 2.75) is 25.8 Å². The average molecular weight is 274 g/mol. The summed E-state index contributed by atoms with van der Waals surface area (Å²) in [6, 6.07) is 8.18. The Morgan fingerprint density at radius 1 is 1.40 bits per heavy atom. The predicted molar refractivity (Wildman–Crippen MR) is 79.5 cm³/mol. The molecule has 20 heavy (non-hydrogen) atoms. The second kappa shape index (κ2) is 7.10. The van der Waals surface area contributed by atoms with Crippen molar-refractivity contribution in [2.75, 3.05) is 13.2 Å². The number of nitrogens with one attached hydrogen (secondary N) is 2. The van der Waals surface area contributed by atoms with Crippen molar-refractivity contribution < 1.29 is 9.90 Å². The fraction of sp³-hybridized carbons (Fsp3) is 0.438. The molecule has 0 aliphatic heterocycles. The van der Waals surface area contributed by atoms with Crippen molar-refractivity contribution in [1.82, 2.24) is 10.6 Å². The number of aliphatic hydroxyl groups is 1. The van der Waals surface area contributed by atoms with Crippen molar-refractivity contribution in [2.24, 2.45) is 5.92 Å². The third kappa shape index (κ3) is 4.38. The van der Waals surface area contributed by atoms with Gasteiger partial charge in [-0.3, -0.25) is 0 Å². The van der Waals surface area contributed by atoms with Crippen LogP contribution >= 0.6 is 0 Å². The standard InChI is InChI=1S/C16H22N2O2/c1-12-3-2-4-13(9-12)7-8-17-16(20)18-15-6-5-14(10-15)11-19/h2-6,9,14-15,19H,7-8,10-11H2,1H3,(H2,17,18,20)/t14-,15+/m0/s1. The summed E-state index contributed by atoms with van der Waals surface area (Å²) in [6.45, 7) is 2.83. The van der Waals surface area contributed by atoms with E-state index in [1.807, 2.05) is 18.2 Å². The summed E-state index contributed by atoms with van der Waals surface area (Å²) >= 11 is 0. The molecule has 1 aliphatic rings. The molecule has 0 aromatic heterocycles. The number of aliphatic hydroxyl groups excluding tert-OH is 1. The van der Waals surface area contributed by atoms with E-state index in [2.05, 4.69) is 35.8 Å². The maximum Gasteiger partial charge on any atom is 0.315 e. The van der Waals surface area contributed by atoms with E-state index in [0.717, 1.165) is 12.8 Å². The fourth-order valence-corrected chi connectivity index (χ4v) is 2.42. The first-order valence-corrected chi connectivity index (χ1v) is 7.06. The van der Waals surface area contributed by atoms with E-state index in [1.54, 1.807) is 0 Å². The van der Waals surface area contributed by atoms with Crippen molar-refractivity contribution in [1.29, 1.82) is 0 Å². The topological polar surface area (TPSA) is 61.4 Å². The van der Waals surface area contributed by atoms with E-state index >= 15 is 0 Å². The van der Waals surface area contributed by atoms with Gasteiger partial charge in [-0.05, 0) is 25.3 Å². The molecule has 108 valence electrons. The highest BCUT2D eigenvalue weighted by molar-refractivity contribution is 5.74. The lowest BCUT2D eigenvalue weighted by Crippen LogP contribution is -2.41. The molecule has 2 amide bonds. The van der Waals surface area contributed by atoms with E-state index in [4.69, 9.17) is 5.11 Å². The minimum Gasteiger partial charge on any atom is -0.396 e. The molecule has 1 aliphatic carbocycles. The number of aryl methyl sites for hydroxylation is 1. The minimum atomic E-state index is -0.147. The maximum atomic E-state index is 11.7. The van der Waals surface area contributed by atoms with Crippen LogP contribution in [0.2, 0.25) is 0 Å². The smallest absolute Gasteiger partial charge is 0.315 e. The lowest BCUT2D eigenvalue weighted by atomic mass is 10.1. The molecule has 4 nitrogen and oxygen atoms in total. The van der Waals surface area contributed by atoms with Crippen molar-refractivity contribution in [3.63, 3.8) is 0 Å². The molecular weight excluding hydrogens is 252 g/mol. The van der Waals surface area contributed by atoms with Crippen LogP contribution in [-0.2, 0) is 6.42 Å². The van der Waals surface area contributed by atoms with E-state index in [9.17, 15) is 4.79 Å². The number of urea groups is 1. The van der Waals surface area contributed by atoms with Gasteiger partial charge in [-0.15, -0.1) is 0 Å². The van der Waals surface area contributed by atoms with Crippen LogP contribution in [0, 0.1) is 12.8 Å². The van der Waals surface area contributed by atoms with Gasteiger partial charge in [0.15, 0.2) is 0 Å². The highest BCUT2D eigenvalue weighted by Gasteiger charge is 2.19. The molecule has 0 bridgehead atoms. The van der Waals surface area contributed by atoms with Crippen LogP contribution in [-0.4, -0.2) is 30.3 Å². The lowest BCUT2D eigenvalue weighted by Gasteiger charge is -2.13. The molecule has 1 aromatic rings. The quantitative estimate of drug-likeness (QED) is 0.717. The Hall–Kier alpha value is -1.81. The Labute approximate surface area is 119 Å². The van der Waals surface area contributed by atoms with Crippen LogP contribution in [0.4, 0.5) is 4.79 Å². The molecule has 0 saturated heterocycles. The van der Waals surface area contributed by atoms with Crippen LogP contribution in [0.1, 0.15) is 17.5 Å². The summed E-state index contributed by atoms with van der Waals surface area (Å²) in [7, 11) is 0. The lowest BCUT2D eigenvalue weighted by molar-refractivity contribution is 0.231.